The number of carboxylic acid groups (broad SMARTS) is 1. The van der Waals surface area contributed by atoms with Crippen LogP contribution in [-0.4, -0.2) is 47.7 Å². The minimum atomic E-state index is -4.52. The third kappa shape index (κ3) is 5.72. The SMILES string of the molecule is COCC(C(=O)O)N1Cc2cc(-c3ccc(NC(=O)Nc4cccc(C(F)(F)F)c4)cc3)ccc2C1=O. The molecule has 1 aliphatic rings. The fourth-order valence-electron chi connectivity index (χ4n) is 4.04. The van der Waals surface area contributed by atoms with Crippen LogP contribution in [-0.2, 0) is 22.3 Å². The highest BCUT2D eigenvalue weighted by Crippen LogP contribution is 2.32. The molecule has 3 N–H and O–H groups in total. The predicted octanol–water partition coefficient (Wildman–Crippen LogP) is 5.07. The molecule has 37 heavy (non-hydrogen) atoms. The molecule has 8 nitrogen and oxygen atoms in total. The van der Waals surface area contributed by atoms with E-state index < -0.39 is 29.8 Å². The monoisotopic (exact) mass is 513 g/mol. The number of anilines is 2. The van der Waals surface area contributed by atoms with Gasteiger partial charge in [-0.15, -0.1) is 0 Å². The summed E-state index contributed by atoms with van der Waals surface area (Å²) in [6.45, 7) is 0.00933. The molecule has 192 valence electrons. The number of nitrogens with zero attached hydrogens (tertiary/aromatic N) is 1. The lowest BCUT2D eigenvalue weighted by Gasteiger charge is -2.23. The maximum absolute atomic E-state index is 12.9. The van der Waals surface area contributed by atoms with E-state index in [1.807, 2.05) is 6.07 Å². The maximum atomic E-state index is 12.9. The van der Waals surface area contributed by atoms with Crippen LogP contribution in [0.2, 0.25) is 0 Å². The average molecular weight is 513 g/mol. The summed E-state index contributed by atoms with van der Waals surface area (Å²) in [4.78, 5) is 37.8. The molecular formula is C26H22F3N3O5. The molecule has 0 aromatic heterocycles. The van der Waals surface area contributed by atoms with E-state index in [1.165, 1.54) is 24.1 Å². The van der Waals surface area contributed by atoms with E-state index in [0.29, 0.717) is 16.8 Å². The molecule has 1 unspecified atom stereocenters. The highest BCUT2D eigenvalue weighted by Gasteiger charge is 2.36. The van der Waals surface area contributed by atoms with Crippen LogP contribution in [0.4, 0.5) is 29.3 Å². The molecule has 0 bridgehead atoms. The first-order chi connectivity index (χ1) is 17.6. The number of halogens is 3. The van der Waals surface area contributed by atoms with Crippen LogP contribution in [0.25, 0.3) is 11.1 Å². The van der Waals surface area contributed by atoms with Crippen molar-refractivity contribution in [2.45, 2.75) is 18.8 Å². The van der Waals surface area contributed by atoms with Gasteiger partial charge >= 0.3 is 18.2 Å². The van der Waals surface area contributed by atoms with Crippen LogP contribution >= 0.6 is 0 Å². The van der Waals surface area contributed by atoms with Crippen molar-refractivity contribution < 1.29 is 37.4 Å². The molecule has 1 heterocycles. The Balaban J connectivity index is 1.43. The van der Waals surface area contributed by atoms with Crippen molar-refractivity contribution >= 4 is 29.3 Å². The number of urea groups is 1. The van der Waals surface area contributed by atoms with E-state index in [0.717, 1.165) is 23.3 Å². The van der Waals surface area contributed by atoms with E-state index in [4.69, 9.17) is 4.74 Å². The van der Waals surface area contributed by atoms with Gasteiger partial charge in [0.1, 0.15) is 0 Å². The van der Waals surface area contributed by atoms with Crippen LogP contribution in [0.3, 0.4) is 0 Å². The zero-order chi connectivity index (χ0) is 26.7. The van der Waals surface area contributed by atoms with Crippen molar-refractivity contribution in [2.75, 3.05) is 24.4 Å². The number of nitrogens with one attached hydrogen (secondary N) is 2. The summed E-state index contributed by atoms with van der Waals surface area (Å²) < 4.78 is 43.5. The number of alkyl halides is 3. The third-order valence-corrected chi connectivity index (χ3v) is 5.85. The van der Waals surface area contributed by atoms with Gasteiger partial charge in [-0.1, -0.05) is 24.3 Å². The lowest BCUT2D eigenvalue weighted by atomic mass is 10.0. The Bertz CT molecular complexity index is 1340. The van der Waals surface area contributed by atoms with E-state index in [9.17, 15) is 32.7 Å². The quantitative estimate of drug-likeness (QED) is 0.409. The molecular weight excluding hydrogens is 491 g/mol. The molecule has 3 amide bonds. The molecule has 0 saturated heterocycles. The standard InChI is InChI=1S/C26H22F3N3O5/c1-37-14-22(24(34)35)32-13-17-11-16(7-10-21(17)23(32)33)15-5-8-19(9-6-15)30-25(36)31-20-4-2-3-18(12-20)26(27,28)29/h2-12,22H,13-14H2,1H3,(H,34,35)(H2,30,31,36). The molecule has 3 aromatic rings. The van der Waals surface area contributed by atoms with Crippen LogP contribution in [0.1, 0.15) is 21.5 Å². The number of hydrogen-bond acceptors (Lipinski definition) is 4. The Morgan fingerprint density at radius 1 is 1.00 bits per heavy atom. The van der Waals surface area contributed by atoms with Gasteiger partial charge in [-0.05, 0) is 59.2 Å². The van der Waals surface area contributed by atoms with Crippen molar-refractivity contribution in [3.63, 3.8) is 0 Å². The summed E-state index contributed by atoms with van der Waals surface area (Å²) >= 11 is 0. The summed E-state index contributed by atoms with van der Waals surface area (Å²) in [5.41, 5.74) is 2.23. The van der Waals surface area contributed by atoms with Crippen LogP contribution in [0.15, 0.2) is 66.7 Å². The third-order valence-electron chi connectivity index (χ3n) is 5.85. The van der Waals surface area contributed by atoms with E-state index in [-0.39, 0.29) is 24.7 Å². The topological polar surface area (TPSA) is 108 Å². The van der Waals surface area contributed by atoms with E-state index >= 15 is 0 Å². The average Bonchev–Trinajstić information content (AvgIpc) is 3.17. The van der Waals surface area contributed by atoms with Crippen molar-refractivity contribution in [1.29, 1.82) is 0 Å². The summed E-state index contributed by atoms with van der Waals surface area (Å²) in [6.07, 6.45) is -4.52. The van der Waals surface area contributed by atoms with Gasteiger partial charge in [0.05, 0.1) is 12.2 Å². The summed E-state index contributed by atoms with van der Waals surface area (Å²) in [6, 6.07) is 14.5. The Kier molecular flexibility index (Phi) is 7.16. The first-order valence-corrected chi connectivity index (χ1v) is 11.1. The summed E-state index contributed by atoms with van der Waals surface area (Å²) in [5, 5.41) is 14.4. The zero-order valence-electron chi connectivity index (χ0n) is 19.5. The minimum Gasteiger partial charge on any atom is -0.480 e. The molecule has 1 atom stereocenters. The second-order valence-electron chi connectivity index (χ2n) is 8.35. The number of methoxy groups -OCH3 is 1. The Morgan fingerprint density at radius 3 is 2.32 bits per heavy atom. The number of hydrogen-bond donors (Lipinski definition) is 3. The second kappa shape index (κ2) is 10.3. The molecule has 0 aliphatic carbocycles. The van der Waals surface area contributed by atoms with Gasteiger partial charge in [0.25, 0.3) is 5.91 Å². The van der Waals surface area contributed by atoms with Gasteiger partial charge in [-0.2, -0.15) is 13.2 Å². The molecule has 0 spiro atoms. The molecule has 4 rings (SSSR count). The molecule has 0 radical (unpaired) electrons. The number of ether oxygens (including phenoxy) is 1. The number of rotatable bonds is 7. The van der Waals surface area contributed by atoms with Crippen LogP contribution in [0, 0.1) is 0 Å². The Labute approximate surface area is 209 Å². The number of amides is 3. The van der Waals surface area contributed by atoms with Crippen molar-refractivity contribution in [1.82, 2.24) is 4.90 Å². The van der Waals surface area contributed by atoms with Gasteiger partial charge < -0.3 is 25.4 Å². The summed E-state index contributed by atoms with van der Waals surface area (Å²) in [5.74, 6) is -1.53. The molecule has 1 aliphatic heterocycles. The first-order valence-electron chi connectivity index (χ1n) is 11.1. The Hall–Kier alpha value is -4.38. The van der Waals surface area contributed by atoms with E-state index in [1.54, 1.807) is 36.4 Å². The second-order valence-corrected chi connectivity index (χ2v) is 8.35. The normalized spacial score (nSPS) is 13.7. The van der Waals surface area contributed by atoms with Gasteiger partial charge in [0.2, 0.25) is 0 Å². The molecule has 3 aromatic carbocycles. The highest BCUT2D eigenvalue weighted by atomic mass is 19.4. The summed E-state index contributed by atoms with van der Waals surface area (Å²) in [7, 11) is 1.37. The number of aliphatic carboxylic acids is 1. The maximum Gasteiger partial charge on any atom is 0.416 e. The first kappa shape index (κ1) is 25.7. The number of carbonyl (C=O) groups is 3. The predicted molar refractivity (Wildman–Crippen MR) is 129 cm³/mol. The number of carbonyl (C=O) groups excluding carboxylic acids is 2. The van der Waals surface area contributed by atoms with Gasteiger partial charge in [0, 0.05) is 30.6 Å². The largest absolute Gasteiger partial charge is 0.480 e. The van der Waals surface area contributed by atoms with E-state index in [2.05, 4.69) is 10.6 Å². The lowest BCUT2D eigenvalue weighted by Crippen LogP contribution is -2.44. The number of fused-ring (bicyclic) bond motifs is 1. The fraction of sp³-hybridized carbons (Fsp3) is 0.192. The lowest BCUT2D eigenvalue weighted by molar-refractivity contribution is -0.144. The fourth-order valence-corrected chi connectivity index (χ4v) is 4.04. The van der Waals surface area contributed by atoms with Crippen molar-refractivity contribution in [3.05, 3.63) is 83.4 Å². The minimum absolute atomic E-state index is 0.00122. The van der Waals surface area contributed by atoms with Gasteiger partial charge in [-0.3, -0.25) is 4.79 Å². The van der Waals surface area contributed by atoms with Crippen molar-refractivity contribution in [2.24, 2.45) is 0 Å². The van der Waals surface area contributed by atoms with Gasteiger partial charge in [0.15, 0.2) is 6.04 Å². The molecule has 0 fully saturated rings. The van der Waals surface area contributed by atoms with Crippen molar-refractivity contribution in [3.8, 4) is 11.1 Å². The number of benzene rings is 3. The number of carboxylic acids is 1. The zero-order valence-corrected chi connectivity index (χ0v) is 19.5. The van der Waals surface area contributed by atoms with Crippen LogP contribution in [0.5, 0.6) is 0 Å². The smallest absolute Gasteiger partial charge is 0.416 e. The molecule has 0 saturated carbocycles. The molecule has 11 heteroatoms. The van der Waals surface area contributed by atoms with Crippen LogP contribution < -0.4 is 10.6 Å². The highest BCUT2D eigenvalue weighted by molar-refractivity contribution is 6.01. The van der Waals surface area contributed by atoms with Gasteiger partial charge in [-0.25, -0.2) is 9.59 Å². The Morgan fingerprint density at radius 2 is 1.68 bits per heavy atom.